The number of fused-ring (bicyclic) bond motifs is 3. The molecule has 4 N–H and O–H groups in total. The number of anilines is 1. The van der Waals surface area contributed by atoms with Gasteiger partial charge in [0.25, 0.3) is 0 Å². The van der Waals surface area contributed by atoms with Crippen molar-refractivity contribution in [3.05, 3.63) is 30.1 Å². The maximum Gasteiger partial charge on any atom is 0.239 e. The van der Waals surface area contributed by atoms with Crippen LogP contribution in [-0.2, 0) is 22.7 Å². The van der Waals surface area contributed by atoms with E-state index in [0.717, 1.165) is 16.4 Å². The standard InChI is InChI=1S/C19H25N5O3.C3H8/c1-4-27-10-14-22-16-17(24(14)11-19(2,3)26)12-7-5-6-8-13(12)21-18(16)23-15(25)9-20;1-3-2/h5-8,26H,4,9-11,20H2,1-3H3,(H,21,23,25);3H2,1-2H3. The Bertz CT molecular complexity index is 992. The van der Waals surface area contributed by atoms with Gasteiger partial charge >= 0.3 is 0 Å². The second-order valence-electron chi connectivity index (χ2n) is 7.70. The molecule has 1 amide bonds. The lowest BCUT2D eigenvalue weighted by atomic mass is 10.1. The van der Waals surface area contributed by atoms with Crippen molar-refractivity contribution in [3.8, 4) is 0 Å². The Morgan fingerprint density at radius 1 is 1.23 bits per heavy atom. The first-order valence-corrected chi connectivity index (χ1v) is 10.3. The molecule has 0 unspecified atom stereocenters. The second-order valence-corrected chi connectivity index (χ2v) is 7.70. The van der Waals surface area contributed by atoms with E-state index in [9.17, 15) is 9.90 Å². The van der Waals surface area contributed by atoms with Gasteiger partial charge in [-0.3, -0.25) is 4.79 Å². The highest BCUT2D eigenvalue weighted by Gasteiger charge is 2.23. The fourth-order valence-corrected chi connectivity index (χ4v) is 3.01. The first-order chi connectivity index (χ1) is 14.3. The van der Waals surface area contributed by atoms with E-state index >= 15 is 0 Å². The highest BCUT2D eigenvalue weighted by molar-refractivity contribution is 6.09. The Kier molecular flexibility index (Phi) is 8.28. The lowest BCUT2D eigenvalue weighted by Gasteiger charge is -2.20. The molecule has 2 heterocycles. The summed E-state index contributed by atoms with van der Waals surface area (Å²) >= 11 is 0. The minimum atomic E-state index is -0.959. The Labute approximate surface area is 177 Å². The van der Waals surface area contributed by atoms with Gasteiger partial charge in [-0.1, -0.05) is 38.5 Å². The van der Waals surface area contributed by atoms with Crippen molar-refractivity contribution < 1.29 is 14.6 Å². The molecule has 0 aliphatic heterocycles. The Balaban J connectivity index is 0.00000101. The van der Waals surface area contributed by atoms with Crippen LogP contribution in [0, 0.1) is 0 Å². The summed E-state index contributed by atoms with van der Waals surface area (Å²) in [6.07, 6.45) is 1.25. The number of aliphatic hydroxyl groups is 1. The SMILES string of the molecule is CCC.CCOCc1nc2c(NC(=O)CN)nc3ccccc3c2n1CC(C)(C)O. The van der Waals surface area contributed by atoms with Crippen molar-refractivity contribution in [2.45, 2.75) is 59.8 Å². The number of carbonyl (C=O) groups is 1. The van der Waals surface area contributed by atoms with Crippen molar-refractivity contribution >= 4 is 33.7 Å². The summed E-state index contributed by atoms with van der Waals surface area (Å²) in [6, 6.07) is 7.63. The number of carbonyl (C=O) groups excluding carboxylic acids is 1. The third-order valence-electron chi connectivity index (χ3n) is 4.09. The van der Waals surface area contributed by atoms with Crippen molar-refractivity contribution in [2.75, 3.05) is 18.5 Å². The minimum absolute atomic E-state index is 0.147. The van der Waals surface area contributed by atoms with E-state index in [4.69, 9.17) is 10.5 Å². The number of aromatic nitrogens is 3. The predicted molar refractivity (Wildman–Crippen MR) is 120 cm³/mol. The van der Waals surface area contributed by atoms with E-state index in [1.807, 2.05) is 35.8 Å². The van der Waals surface area contributed by atoms with E-state index in [2.05, 4.69) is 29.1 Å². The molecule has 2 aromatic heterocycles. The zero-order chi connectivity index (χ0) is 22.3. The van der Waals surface area contributed by atoms with Crippen molar-refractivity contribution in [1.29, 1.82) is 0 Å². The minimum Gasteiger partial charge on any atom is -0.389 e. The van der Waals surface area contributed by atoms with Crippen LogP contribution < -0.4 is 11.1 Å². The molecule has 1 aromatic carbocycles. The average molecular weight is 416 g/mol. The number of hydrogen-bond donors (Lipinski definition) is 3. The lowest BCUT2D eigenvalue weighted by Crippen LogP contribution is -2.27. The lowest BCUT2D eigenvalue weighted by molar-refractivity contribution is -0.114. The van der Waals surface area contributed by atoms with Crippen molar-refractivity contribution in [3.63, 3.8) is 0 Å². The Hall–Kier alpha value is -2.55. The average Bonchev–Trinajstić information content (AvgIpc) is 3.04. The van der Waals surface area contributed by atoms with Crippen LogP contribution in [0.3, 0.4) is 0 Å². The molecule has 0 bridgehead atoms. The maximum atomic E-state index is 11.9. The molecule has 0 saturated carbocycles. The summed E-state index contributed by atoms with van der Waals surface area (Å²) < 4.78 is 7.50. The van der Waals surface area contributed by atoms with Gasteiger partial charge in [0.15, 0.2) is 5.82 Å². The van der Waals surface area contributed by atoms with Gasteiger partial charge in [-0.05, 0) is 26.8 Å². The monoisotopic (exact) mass is 415 g/mol. The maximum absolute atomic E-state index is 11.9. The van der Waals surface area contributed by atoms with Crippen molar-refractivity contribution in [2.24, 2.45) is 5.73 Å². The first kappa shape index (κ1) is 23.7. The quantitative estimate of drug-likeness (QED) is 0.546. The third-order valence-corrected chi connectivity index (χ3v) is 4.09. The molecule has 0 fully saturated rings. The Morgan fingerprint density at radius 3 is 2.50 bits per heavy atom. The van der Waals surface area contributed by atoms with Crippen LogP contribution in [-0.4, -0.2) is 44.3 Å². The molecule has 3 aromatic rings. The number of pyridine rings is 1. The number of nitrogens with one attached hydrogen (secondary N) is 1. The number of ether oxygens (including phenoxy) is 1. The number of imidazole rings is 1. The summed E-state index contributed by atoms with van der Waals surface area (Å²) in [5, 5.41) is 14.1. The molecule has 164 valence electrons. The molecular weight excluding hydrogens is 382 g/mol. The zero-order valence-corrected chi connectivity index (χ0v) is 18.5. The molecule has 0 saturated heterocycles. The van der Waals surface area contributed by atoms with E-state index in [-0.39, 0.29) is 12.5 Å². The van der Waals surface area contributed by atoms with E-state index in [1.54, 1.807) is 13.8 Å². The molecule has 0 aliphatic carbocycles. The van der Waals surface area contributed by atoms with Gasteiger partial charge in [0.1, 0.15) is 17.9 Å². The van der Waals surface area contributed by atoms with Crippen LogP contribution in [0.15, 0.2) is 24.3 Å². The summed E-state index contributed by atoms with van der Waals surface area (Å²) in [4.78, 5) is 21.1. The second kappa shape index (κ2) is 10.5. The van der Waals surface area contributed by atoms with Crippen LogP contribution in [0.2, 0.25) is 0 Å². The summed E-state index contributed by atoms with van der Waals surface area (Å²) in [5.41, 5.74) is 6.55. The zero-order valence-electron chi connectivity index (χ0n) is 18.5. The molecule has 0 spiro atoms. The number of nitrogens with zero attached hydrogens (tertiary/aromatic N) is 3. The van der Waals surface area contributed by atoms with Gasteiger partial charge in [-0.2, -0.15) is 0 Å². The number of hydrogen-bond acceptors (Lipinski definition) is 6. The summed E-state index contributed by atoms with van der Waals surface area (Å²) in [7, 11) is 0. The van der Waals surface area contributed by atoms with E-state index < -0.39 is 5.60 Å². The van der Waals surface area contributed by atoms with Gasteiger partial charge in [0.2, 0.25) is 5.91 Å². The van der Waals surface area contributed by atoms with E-state index in [0.29, 0.717) is 36.9 Å². The highest BCUT2D eigenvalue weighted by Crippen LogP contribution is 2.31. The first-order valence-electron chi connectivity index (χ1n) is 10.3. The van der Waals surface area contributed by atoms with Gasteiger partial charge in [0.05, 0.1) is 29.7 Å². The third kappa shape index (κ3) is 5.75. The molecule has 0 radical (unpaired) electrons. The molecule has 8 heteroatoms. The van der Waals surface area contributed by atoms with Gasteiger partial charge < -0.3 is 25.5 Å². The fraction of sp³-hybridized carbons (Fsp3) is 0.500. The molecule has 0 aliphatic rings. The molecule has 8 nitrogen and oxygen atoms in total. The summed E-state index contributed by atoms with van der Waals surface area (Å²) in [6.45, 7) is 10.7. The van der Waals surface area contributed by atoms with Gasteiger partial charge in [-0.15, -0.1) is 0 Å². The number of rotatable bonds is 7. The number of para-hydroxylation sites is 1. The van der Waals surface area contributed by atoms with Crippen LogP contribution in [0.25, 0.3) is 21.9 Å². The number of amides is 1. The fourth-order valence-electron chi connectivity index (χ4n) is 3.01. The van der Waals surface area contributed by atoms with Crippen molar-refractivity contribution in [1.82, 2.24) is 14.5 Å². The Morgan fingerprint density at radius 2 is 1.90 bits per heavy atom. The van der Waals surface area contributed by atoms with Gasteiger partial charge in [0, 0.05) is 12.0 Å². The molecular formula is C22H33N5O3. The largest absolute Gasteiger partial charge is 0.389 e. The molecule has 30 heavy (non-hydrogen) atoms. The van der Waals surface area contributed by atoms with Crippen LogP contribution in [0.1, 0.15) is 46.9 Å². The number of benzene rings is 1. The van der Waals surface area contributed by atoms with Gasteiger partial charge in [-0.25, -0.2) is 9.97 Å². The highest BCUT2D eigenvalue weighted by atomic mass is 16.5. The van der Waals surface area contributed by atoms with Crippen LogP contribution in [0.5, 0.6) is 0 Å². The summed E-state index contributed by atoms with van der Waals surface area (Å²) in [5.74, 6) is 0.671. The number of nitrogens with two attached hydrogens (primary N) is 1. The van der Waals surface area contributed by atoms with Crippen LogP contribution >= 0.6 is 0 Å². The topological polar surface area (TPSA) is 115 Å². The molecule has 0 atom stereocenters. The predicted octanol–water partition coefficient (Wildman–Crippen LogP) is 3.21. The smallest absolute Gasteiger partial charge is 0.239 e. The van der Waals surface area contributed by atoms with E-state index in [1.165, 1.54) is 6.42 Å². The van der Waals surface area contributed by atoms with Crippen LogP contribution in [0.4, 0.5) is 5.82 Å². The molecule has 3 rings (SSSR count). The normalized spacial score (nSPS) is 11.4.